The molecule has 0 fully saturated rings. The van der Waals surface area contributed by atoms with E-state index in [2.05, 4.69) is 49.6 Å². The summed E-state index contributed by atoms with van der Waals surface area (Å²) >= 11 is 0. The summed E-state index contributed by atoms with van der Waals surface area (Å²) in [6.07, 6.45) is 8.09. The highest BCUT2D eigenvalue weighted by Crippen LogP contribution is 2.50. The Morgan fingerprint density at radius 2 is 0.961 bits per heavy atom. The molecule has 250 valence electrons. The molecule has 7 rings (SSSR count). The molecule has 0 aromatic heterocycles. The Balaban J connectivity index is 1.31. The summed E-state index contributed by atoms with van der Waals surface area (Å²) in [6.45, 7) is 10.5. The number of hydrogen-bond acceptors (Lipinski definition) is 6. The summed E-state index contributed by atoms with van der Waals surface area (Å²) in [5, 5.41) is 4.22. The van der Waals surface area contributed by atoms with Crippen LogP contribution in [0.15, 0.2) is 133 Å². The van der Waals surface area contributed by atoms with Crippen LogP contribution in [0.1, 0.15) is 36.1 Å². The van der Waals surface area contributed by atoms with Crippen LogP contribution >= 0.6 is 0 Å². The number of carbonyl (C=O) groups excluding carboxylic acids is 2. The van der Waals surface area contributed by atoms with Gasteiger partial charge in [0.25, 0.3) is 0 Å². The van der Waals surface area contributed by atoms with Crippen molar-refractivity contribution in [3.8, 4) is 34.1 Å². The Morgan fingerprint density at radius 1 is 0.569 bits per heavy atom. The van der Waals surface area contributed by atoms with Gasteiger partial charge in [0.15, 0.2) is 0 Å². The predicted octanol–water partition coefficient (Wildman–Crippen LogP) is 10.7. The molecule has 6 nitrogen and oxygen atoms in total. The smallest absolute Gasteiger partial charge is 0.338 e. The highest BCUT2D eigenvalue weighted by molar-refractivity contribution is 6.12. The average Bonchev–Trinajstić information content (AvgIpc) is 3.35. The van der Waals surface area contributed by atoms with E-state index in [-0.39, 0.29) is 6.79 Å². The van der Waals surface area contributed by atoms with Crippen LogP contribution in [0.5, 0.6) is 23.0 Å². The zero-order valence-electron chi connectivity index (χ0n) is 28.3. The molecule has 1 aliphatic rings. The van der Waals surface area contributed by atoms with E-state index in [1.165, 1.54) is 0 Å². The van der Waals surface area contributed by atoms with Crippen LogP contribution in [0.4, 0.5) is 0 Å². The van der Waals surface area contributed by atoms with Crippen LogP contribution in [0.25, 0.3) is 57.0 Å². The number of benzene rings is 6. The van der Waals surface area contributed by atoms with E-state index in [1.807, 2.05) is 72.8 Å². The van der Waals surface area contributed by atoms with Gasteiger partial charge in [-0.3, -0.25) is 0 Å². The number of ether oxygens (including phenoxy) is 4. The first-order valence-electron chi connectivity index (χ1n) is 16.4. The number of hydrogen-bond donors (Lipinski definition) is 0. The molecule has 0 amide bonds. The van der Waals surface area contributed by atoms with Crippen molar-refractivity contribution in [2.24, 2.45) is 0 Å². The minimum atomic E-state index is -0.458. The summed E-state index contributed by atoms with van der Waals surface area (Å²) in [6, 6.07) is 35.4. The first-order chi connectivity index (χ1) is 24.7. The van der Waals surface area contributed by atoms with Gasteiger partial charge in [-0.1, -0.05) is 110 Å². The number of fused-ring (bicyclic) bond motifs is 7. The molecule has 0 radical (unpaired) electrons. The van der Waals surface area contributed by atoms with E-state index >= 15 is 0 Å². The molecule has 6 aromatic rings. The molecule has 51 heavy (non-hydrogen) atoms. The Hall–Kier alpha value is -6.66. The van der Waals surface area contributed by atoms with Crippen molar-refractivity contribution in [3.05, 3.63) is 156 Å². The fourth-order valence-electron chi connectivity index (χ4n) is 5.96. The van der Waals surface area contributed by atoms with Gasteiger partial charge >= 0.3 is 11.9 Å². The number of carbonyl (C=O) groups is 2. The fourth-order valence-corrected chi connectivity index (χ4v) is 5.96. The van der Waals surface area contributed by atoms with Gasteiger partial charge in [-0.15, -0.1) is 0 Å². The minimum absolute atomic E-state index is 0.0178. The molecule has 1 heterocycles. The molecular weight excluding hydrogens is 636 g/mol. The van der Waals surface area contributed by atoms with Gasteiger partial charge in [0.05, 0.1) is 0 Å². The lowest BCUT2D eigenvalue weighted by Crippen LogP contribution is -2.07. The normalized spacial score (nSPS) is 12.1. The predicted molar refractivity (Wildman–Crippen MR) is 205 cm³/mol. The monoisotopic (exact) mass is 670 g/mol. The lowest BCUT2D eigenvalue weighted by molar-refractivity contribution is -0.130. The molecule has 6 aromatic carbocycles. The SMILES string of the molecule is C=C(C)C(=O)Oc1ccc(/C=C\c2cc3ccccc3c3c2OCOc2c(/C=C\c4ccc(OC(=O)C(=C)C)cc4)cc4ccccc4c2-3)cc1. The second kappa shape index (κ2) is 14.1. The Kier molecular flexibility index (Phi) is 9.06. The molecule has 6 heteroatoms. The second-order valence-electron chi connectivity index (χ2n) is 12.3. The first kappa shape index (κ1) is 32.9. The largest absolute Gasteiger partial charge is 0.456 e. The molecule has 0 aliphatic carbocycles. The zero-order valence-corrected chi connectivity index (χ0v) is 28.3. The lowest BCUT2D eigenvalue weighted by atomic mass is 9.88. The van der Waals surface area contributed by atoms with Gasteiger partial charge in [0, 0.05) is 33.4 Å². The Bertz CT molecular complexity index is 2240. The standard InChI is InChI=1S/C45H34O6/c1-28(2)44(46)50-36-21-15-30(16-22-36)13-19-34-25-32-9-5-7-11-38(32)40-41-39-12-8-6-10-33(39)26-35(43(41)49-27-48-42(34)40)20-14-31-17-23-37(24-18-31)51-45(47)29(3)4/h5-26H,1,3,27H2,2,4H3/b19-13-,20-14-. The van der Waals surface area contributed by atoms with Crippen molar-refractivity contribution in [1.29, 1.82) is 0 Å². The molecule has 0 unspecified atom stereocenters. The summed E-state index contributed by atoms with van der Waals surface area (Å²) < 4.78 is 23.6. The maximum atomic E-state index is 11.9. The topological polar surface area (TPSA) is 71.1 Å². The van der Waals surface area contributed by atoms with Crippen molar-refractivity contribution in [1.82, 2.24) is 0 Å². The summed E-state index contributed by atoms with van der Waals surface area (Å²) in [5.41, 5.74) is 6.25. The van der Waals surface area contributed by atoms with Crippen LogP contribution in [-0.2, 0) is 9.59 Å². The van der Waals surface area contributed by atoms with Crippen LogP contribution in [0.2, 0.25) is 0 Å². The molecule has 0 N–H and O–H groups in total. The average molecular weight is 671 g/mol. The third-order valence-electron chi connectivity index (χ3n) is 8.51. The van der Waals surface area contributed by atoms with Crippen molar-refractivity contribution in [2.75, 3.05) is 6.79 Å². The zero-order chi connectivity index (χ0) is 35.5. The van der Waals surface area contributed by atoms with Gasteiger partial charge in [0.2, 0.25) is 6.79 Å². The van der Waals surface area contributed by atoms with E-state index in [4.69, 9.17) is 18.9 Å². The molecule has 0 saturated carbocycles. The van der Waals surface area contributed by atoms with Crippen molar-refractivity contribution >= 4 is 57.8 Å². The quantitative estimate of drug-likeness (QED) is 0.0695. The summed E-state index contributed by atoms with van der Waals surface area (Å²) in [5.74, 6) is 1.44. The van der Waals surface area contributed by atoms with Gasteiger partial charge < -0.3 is 18.9 Å². The minimum Gasteiger partial charge on any atom is -0.456 e. The van der Waals surface area contributed by atoms with Gasteiger partial charge in [0.1, 0.15) is 23.0 Å². The number of rotatable bonds is 8. The van der Waals surface area contributed by atoms with E-state index in [0.717, 1.165) is 66.4 Å². The number of esters is 2. The second-order valence-corrected chi connectivity index (χ2v) is 12.3. The van der Waals surface area contributed by atoms with Crippen molar-refractivity contribution in [2.45, 2.75) is 13.8 Å². The molecule has 1 aliphatic heterocycles. The van der Waals surface area contributed by atoms with Crippen molar-refractivity contribution < 1.29 is 28.5 Å². The maximum Gasteiger partial charge on any atom is 0.338 e. The molecular formula is C45H34O6. The molecule has 0 saturated heterocycles. The summed E-state index contributed by atoms with van der Waals surface area (Å²) in [4.78, 5) is 23.9. The third-order valence-corrected chi connectivity index (χ3v) is 8.51. The van der Waals surface area contributed by atoms with Crippen LogP contribution < -0.4 is 18.9 Å². The van der Waals surface area contributed by atoms with Crippen LogP contribution in [0.3, 0.4) is 0 Å². The Morgan fingerprint density at radius 3 is 1.35 bits per heavy atom. The van der Waals surface area contributed by atoms with E-state index in [1.54, 1.807) is 38.1 Å². The molecule has 0 bridgehead atoms. The first-order valence-corrected chi connectivity index (χ1v) is 16.4. The highest BCUT2D eigenvalue weighted by Gasteiger charge is 2.26. The molecule has 0 spiro atoms. The highest BCUT2D eigenvalue weighted by atomic mass is 16.7. The lowest BCUT2D eigenvalue weighted by Gasteiger charge is -2.17. The third kappa shape index (κ3) is 6.94. The van der Waals surface area contributed by atoms with Crippen LogP contribution in [-0.4, -0.2) is 18.7 Å². The fraction of sp³-hybridized carbons (Fsp3) is 0.0667. The Labute approximate surface area is 296 Å². The van der Waals surface area contributed by atoms with E-state index < -0.39 is 11.9 Å². The molecule has 0 atom stereocenters. The van der Waals surface area contributed by atoms with Crippen LogP contribution in [0, 0.1) is 0 Å². The van der Waals surface area contributed by atoms with Gasteiger partial charge in [-0.05, 0) is 82.9 Å². The van der Waals surface area contributed by atoms with Gasteiger partial charge in [-0.2, -0.15) is 0 Å². The van der Waals surface area contributed by atoms with Crippen molar-refractivity contribution in [3.63, 3.8) is 0 Å². The maximum absolute atomic E-state index is 11.9. The van der Waals surface area contributed by atoms with E-state index in [9.17, 15) is 9.59 Å². The summed E-state index contributed by atoms with van der Waals surface area (Å²) in [7, 11) is 0. The van der Waals surface area contributed by atoms with Gasteiger partial charge in [-0.25, -0.2) is 9.59 Å². The van der Waals surface area contributed by atoms with E-state index in [0.29, 0.717) is 22.6 Å².